The fourth-order valence-corrected chi connectivity index (χ4v) is 5.11. The molecule has 0 aromatic heterocycles. The number of hydrogen-bond donors (Lipinski definition) is 1. The number of likely N-dealkylation sites (N-methyl/N-ethyl adjacent to an activating group) is 1. The average molecular weight is 442 g/mol. The number of fused-ring (bicyclic) bond motifs is 1. The summed E-state index contributed by atoms with van der Waals surface area (Å²) in [6, 6.07) is 13.4. The van der Waals surface area contributed by atoms with E-state index in [-0.39, 0.29) is 11.3 Å². The molecule has 2 atom stereocenters. The lowest BCUT2D eigenvalue weighted by Crippen LogP contribution is -2.46. The molecule has 164 valence electrons. The molecular weight excluding hydrogens is 414 g/mol. The summed E-state index contributed by atoms with van der Waals surface area (Å²) in [6.07, 6.45) is 3.74. The van der Waals surface area contributed by atoms with Crippen molar-refractivity contribution in [1.82, 2.24) is 10.3 Å². The molecule has 1 saturated carbocycles. The summed E-state index contributed by atoms with van der Waals surface area (Å²) in [5.74, 6) is 1.28. The smallest absolute Gasteiger partial charge is 0.271 e. The maximum atomic E-state index is 12.4. The van der Waals surface area contributed by atoms with Gasteiger partial charge in [0.05, 0.1) is 14.2 Å². The van der Waals surface area contributed by atoms with E-state index < -0.39 is 0 Å². The molecule has 1 aliphatic carbocycles. The number of hydrogen-bond acceptors (Lipinski definition) is 5. The molecule has 4 rings (SSSR count). The van der Waals surface area contributed by atoms with Gasteiger partial charge in [-0.1, -0.05) is 17.7 Å². The number of nitrogens with zero attached hydrogens (tertiary/aromatic N) is 2. The molecule has 0 radical (unpaired) electrons. The van der Waals surface area contributed by atoms with E-state index in [1.807, 2.05) is 6.07 Å². The number of likely N-dealkylation sites (tertiary alicyclic amines) is 1. The molecule has 31 heavy (non-hydrogen) atoms. The van der Waals surface area contributed by atoms with E-state index in [1.54, 1.807) is 38.5 Å². The van der Waals surface area contributed by atoms with Crippen molar-refractivity contribution in [3.05, 3.63) is 58.6 Å². The van der Waals surface area contributed by atoms with E-state index in [1.165, 1.54) is 5.56 Å². The number of carbonyl (C=O) groups excluding carboxylic acids is 1. The fraction of sp³-hybridized carbons (Fsp3) is 0.417. The topological polar surface area (TPSA) is 63.2 Å². The molecule has 2 aromatic carbocycles. The van der Waals surface area contributed by atoms with Crippen LogP contribution in [0.4, 0.5) is 0 Å². The number of halogens is 1. The normalized spacial score (nSPS) is 24.6. The van der Waals surface area contributed by atoms with Crippen molar-refractivity contribution in [2.45, 2.75) is 37.1 Å². The van der Waals surface area contributed by atoms with Gasteiger partial charge in [-0.25, -0.2) is 5.43 Å². The zero-order chi connectivity index (χ0) is 22.0. The summed E-state index contributed by atoms with van der Waals surface area (Å²) in [7, 11) is 5.50. The SMILES string of the molecule is COc1ccc(C23CC/C(=N\NC(=O)c4ccc(Cl)cc4)CC2N(C)CC3)cc1OC. The Labute approximate surface area is 188 Å². The number of carbonyl (C=O) groups is 1. The Kier molecular flexibility index (Phi) is 6.21. The van der Waals surface area contributed by atoms with Gasteiger partial charge in [0.15, 0.2) is 11.5 Å². The number of amides is 1. The quantitative estimate of drug-likeness (QED) is 0.704. The van der Waals surface area contributed by atoms with Gasteiger partial charge in [-0.05, 0) is 74.8 Å². The summed E-state index contributed by atoms with van der Waals surface area (Å²) in [5, 5.41) is 5.08. The highest BCUT2D eigenvalue weighted by Gasteiger charge is 2.49. The predicted octanol–water partition coefficient (Wildman–Crippen LogP) is 4.27. The summed E-state index contributed by atoms with van der Waals surface area (Å²) >= 11 is 5.90. The van der Waals surface area contributed by atoms with Crippen LogP contribution < -0.4 is 14.9 Å². The van der Waals surface area contributed by atoms with Gasteiger partial charge < -0.3 is 14.4 Å². The van der Waals surface area contributed by atoms with E-state index in [0.29, 0.717) is 16.6 Å². The van der Waals surface area contributed by atoms with Gasteiger partial charge in [-0.15, -0.1) is 0 Å². The van der Waals surface area contributed by atoms with Crippen LogP contribution in [0.3, 0.4) is 0 Å². The first-order valence-corrected chi connectivity index (χ1v) is 10.9. The number of hydrazone groups is 1. The van der Waals surface area contributed by atoms with Crippen molar-refractivity contribution in [2.75, 3.05) is 27.8 Å². The fourth-order valence-electron chi connectivity index (χ4n) is 4.98. The Hall–Kier alpha value is -2.57. The third-order valence-electron chi connectivity index (χ3n) is 6.75. The first-order valence-electron chi connectivity index (χ1n) is 10.5. The van der Waals surface area contributed by atoms with E-state index in [4.69, 9.17) is 21.1 Å². The summed E-state index contributed by atoms with van der Waals surface area (Å²) in [5.41, 5.74) is 5.62. The Balaban J connectivity index is 1.53. The Morgan fingerprint density at radius 1 is 1.13 bits per heavy atom. The van der Waals surface area contributed by atoms with Crippen LogP contribution >= 0.6 is 11.6 Å². The summed E-state index contributed by atoms with van der Waals surface area (Å²) < 4.78 is 11.0. The third-order valence-corrected chi connectivity index (χ3v) is 7.00. The molecule has 2 aromatic rings. The molecule has 7 heteroatoms. The minimum Gasteiger partial charge on any atom is -0.493 e. The second-order valence-electron chi connectivity index (χ2n) is 8.30. The van der Waals surface area contributed by atoms with Gasteiger partial charge >= 0.3 is 0 Å². The van der Waals surface area contributed by atoms with Gasteiger partial charge in [0.25, 0.3) is 5.91 Å². The summed E-state index contributed by atoms with van der Waals surface area (Å²) in [6.45, 7) is 1.03. The second-order valence-corrected chi connectivity index (χ2v) is 8.74. The molecule has 1 N–H and O–H groups in total. The van der Waals surface area contributed by atoms with Crippen molar-refractivity contribution in [2.24, 2.45) is 5.10 Å². The molecule has 1 heterocycles. The second kappa shape index (κ2) is 8.89. The van der Waals surface area contributed by atoms with E-state index >= 15 is 0 Å². The minimum atomic E-state index is -0.222. The average Bonchev–Trinajstić information content (AvgIpc) is 3.14. The molecule has 1 saturated heterocycles. The number of ether oxygens (including phenoxy) is 2. The van der Waals surface area contributed by atoms with Gasteiger partial charge in [0.1, 0.15) is 0 Å². The maximum Gasteiger partial charge on any atom is 0.271 e. The first-order chi connectivity index (χ1) is 15.0. The molecule has 6 nitrogen and oxygen atoms in total. The lowest BCUT2D eigenvalue weighted by atomic mass is 9.65. The monoisotopic (exact) mass is 441 g/mol. The zero-order valence-corrected chi connectivity index (χ0v) is 18.9. The molecule has 2 aliphatic rings. The van der Waals surface area contributed by atoms with Gasteiger partial charge in [0, 0.05) is 34.2 Å². The molecule has 0 spiro atoms. The van der Waals surface area contributed by atoms with Gasteiger partial charge in [-0.3, -0.25) is 4.79 Å². The van der Waals surface area contributed by atoms with Crippen molar-refractivity contribution in [3.8, 4) is 11.5 Å². The maximum absolute atomic E-state index is 12.4. The molecule has 1 amide bonds. The molecule has 1 aliphatic heterocycles. The zero-order valence-electron chi connectivity index (χ0n) is 18.2. The lowest BCUT2D eigenvalue weighted by molar-refractivity contribution is 0.0954. The van der Waals surface area contributed by atoms with E-state index in [0.717, 1.165) is 49.4 Å². The van der Waals surface area contributed by atoms with Crippen LogP contribution in [-0.2, 0) is 5.41 Å². The lowest BCUT2D eigenvalue weighted by Gasteiger charge is -2.42. The van der Waals surface area contributed by atoms with Crippen LogP contribution in [0, 0.1) is 0 Å². The van der Waals surface area contributed by atoms with Crippen molar-refractivity contribution in [1.29, 1.82) is 0 Å². The molecule has 2 fully saturated rings. The van der Waals surface area contributed by atoms with Crippen LogP contribution in [0.15, 0.2) is 47.6 Å². The van der Waals surface area contributed by atoms with Gasteiger partial charge in [0.2, 0.25) is 0 Å². The van der Waals surface area contributed by atoms with E-state index in [9.17, 15) is 4.79 Å². The molecule has 2 unspecified atom stereocenters. The molecule has 0 bridgehead atoms. The van der Waals surface area contributed by atoms with Gasteiger partial charge in [-0.2, -0.15) is 5.10 Å². The Morgan fingerprint density at radius 3 is 2.58 bits per heavy atom. The Morgan fingerprint density at radius 2 is 1.87 bits per heavy atom. The minimum absolute atomic E-state index is 0.0491. The number of benzene rings is 2. The summed E-state index contributed by atoms with van der Waals surface area (Å²) in [4.78, 5) is 14.8. The highest BCUT2D eigenvalue weighted by atomic mass is 35.5. The number of rotatable bonds is 5. The first kappa shape index (κ1) is 21.7. The van der Waals surface area contributed by atoms with Crippen LogP contribution in [0.2, 0.25) is 5.02 Å². The number of nitrogens with one attached hydrogen (secondary N) is 1. The van der Waals surface area contributed by atoms with E-state index in [2.05, 4.69) is 34.6 Å². The third kappa shape index (κ3) is 4.14. The van der Waals surface area contributed by atoms with Crippen LogP contribution in [0.1, 0.15) is 41.6 Å². The largest absolute Gasteiger partial charge is 0.493 e. The van der Waals surface area contributed by atoms with Crippen LogP contribution in [0.5, 0.6) is 11.5 Å². The van der Waals surface area contributed by atoms with Crippen molar-refractivity contribution in [3.63, 3.8) is 0 Å². The predicted molar refractivity (Wildman–Crippen MR) is 122 cm³/mol. The van der Waals surface area contributed by atoms with Crippen molar-refractivity contribution < 1.29 is 14.3 Å². The number of methoxy groups -OCH3 is 2. The molecular formula is C24H28ClN3O3. The highest BCUT2D eigenvalue weighted by molar-refractivity contribution is 6.30. The van der Waals surface area contributed by atoms with Crippen LogP contribution in [0.25, 0.3) is 0 Å². The standard InChI is InChI=1S/C24H28ClN3O3/c1-28-13-12-24(17-6-9-20(30-2)21(14-17)31-3)11-10-19(15-22(24)28)26-27-23(29)16-4-7-18(25)8-5-16/h4-9,14,22H,10-13,15H2,1-3H3,(H,27,29)/b26-19+. The van der Waals surface area contributed by atoms with Crippen LogP contribution in [-0.4, -0.2) is 50.4 Å². The van der Waals surface area contributed by atoms with Crippen molar-refractivity contribution >= 4 is 23.2 Å². The Bertz CT molecular complexity index is 992. The highest BCUT2D eigenvalue weighted by Crippen LogP contribution is 2.49.